The summed E-state index contributed by atoms with van der Waals surface area (Å²) in [5.41, 5.74) is 2.25. The Labute approximate surface area is 108 Å². The minimum Gasteiger partial charge on any atom is -0.463 e. The number of ether oxygens (including phenoxy) is 1. The minimum atomic E-state index is -0.315. The Morgan fingerprint density at radius 1 is 1.22 bits per heavy atom. The van der Waals surface area contributed by atoms with Crippen LogP contribution < -0.4 is 4.90 Å². The standard InChI is InChI=1S/C15H19NO2/c1-4-18-15(17)8-6-5-7-13-9-11-14(12-10-13)16(2)3/h5-12H,4H2,1-3H3. The molecule has 0 spiro atoms. The number of hydrogen-bond acceptors (Lipinski definition) is 3. The van der Waals surface area contributed by atoms with Gasteiger partial charge >= 0.3 is 5.97 Å². The summed E-state index contributed by atoms with van der Waals surface area (Å²) in [6.07, 6.45) is 6.85. The fourth-order valence-electron chi connectivity index (χ4n) is 1.37. The molecule has 3 heteroatoms. The first kappa shape index (κ1) is 14.0. The van der Waals surface area contributed by atoms with Gasteiger partial charge in [0.15, 0.2) is 0 Å². The zero-order valence-electron chi connectivity index (χ0n) is 11.1. The van der Waals surface area contributed by atoms with Crippen LogP contribution in [-0.2, 0) is 9.53 Å². The summed E-state index contributed by atoms with van der Waals surface area (Å²) in [5.74, 6) is -0.315. The second-order valence-corrected chi connectivity index (χ2v) is 3.96. The number of esters is 1. The third-order valence-corrected chi connectivity index (χ3v) is 2.33. The van der Waals surface area contributed by atoms with Crippen molar-refractivity contribution in [2.24, 2.45) is 0 Å². The molecule has 0 radical (unpaired) electrons. The van der Waals surface area contributed by atoms with Gasteiger partial charge in [-0.15, -0.1) is 0 Å². The summed E-state index contributed by atoms with van der Waals surface area (Å²) < 4.78 is 4.77. The van der Waals surface area contributed by atoms with E-state index < -0.39 is 0 Å². The van der Waals surface area contributed by atoms with Crippen molar-refractivity contribution in [1.82, 2.24) is 0 Å². The first-order valence-corrected chi connectivity index (χ1v) is 5.92. The van der Waals surface area contributed by atoms with E-state index >= 15 is 0 Å². The SMILES string of the molecule is CCOC(=O)C=CC=Cc1ccc(N(C)C)cc1. The molecule has 96 valence electrons. The molecule has 0 saturated heterocycles. The average Bonchev–Trinajstić information content (AvgIpc) is 2.35. The fourth-order valence-corrected chi connectivity index (χ4v) is 1.37. The molecule has 3 nitrogen and oxygen atoms in total. The van der Waals surface area contributed by atoms with Crippen LogP contribution in [0.3, 0.4) is 0 Å². The molecule has 0 aliphatic heterocycles. The van der Waals surface area contributed by atoms with E-state index in [1.54, 1.807) is 13.0 Å². The van der Waals surface area contributed by atoms with Crippen molar-refractivity contribution < 1.29 is 9.53 Å². The van der Waals surface area contributed by atoms with Crippen molar-refractivity contribution in [2.75, 3.05) is 25.6 Å². The van der Waals surface area contributed by atoms with Gasteiger partial charge in [0.05, 0.1) is 6.61 Å². The molecule has 0 N–H and O–H groups in total. The molecule has 0 aliphatic rings. The number of carbonyl (C=O) groups is 1. The molecule has 0 saturated carbocycles. The predicted molar refractivity (Wildman–Crippen MR) is 75.6 cm³/mol. The molecule has 18 heavy (non-hydrogen) atoms. The number of allylic oxidation sites excluding steroid dienone is 2. The molecule has 0 atom stereocenters. The number of anilines is 1. The number of nitrogens with zero attached hydrogens (tertiary/aromatic N) is 1. The summed E-state index contributed by atoms with van der Waals surface area (Å²) in [4.78, 5) is 13.1. The molecule has 1 aromatic carbocycles. The van der Waals surface area contributed by atoms with Crippen molar-refractivity contribution in [2.45, 2.75) is 6.92 Å². The number of hydrogen-bond donors (Lipinski definition) is 0. The second-order valence-electron chi connectivity index (χ2n) is 3.96. The summed E-state index contributed by atoms with van der Waals surface area (Å²) >= 11 is 0. The maximum Gasteiger partial charge on any atom is 0.330 e. The molecule has 0 bridgehead atoms. The monoisotopic (exact) mass is 245 g/mol. The zero-order valence-corrected chi connectivity index (χ0v) is 11.1. The Bertz CT molecular complexity index is 430. The quantitative estimate of drug-likeness (QED) is 0.454. The van der Waals surface area contributed by atoms with Crippen molar-refractivity contribution in [1.29, 1.82) is 0 Å². The highest BCUT2D eigenvalue weighted by Crippen LogP contribution is 2.13. The molecule has 0 fully saturated rings. The predicted octanol–water partition coefficient (Wildman–Crippen LogP) is 2.89. The van der Waals surface area contributed by atoms with Crippen molar-refractivity contribution in [3.8, 4) is 0 Å². The maximum absolute atomic E-state index is 11.0. The maximum atomic E-state index is 11.0. The average molecular weight is 245 g/mol. The fraction of sp³-hybridized carbons (Fsp3) is 0.267. The van der Waals surface area contributed by atoms with E-state index in [1.807, 2.05) is 43.3 Å². The van der Waals surface area contributed by atoms with Gasteiger partial charge in [0.2, 0.25) is 0 Å². The summed E-state index contributed by atoms with van der Waals surface area (Å²) in [6.45, 7) is 2.19. The van der Waals surface area contributed by atoms with E-state index in [9.17, 15) is 4.79 Å². The van der Waals surface area contributed by atoms with Crippen LogP contribution in [0.2, 0.25) is 0 Å². The highest BCUT2D eigenvalue weighted by atomic mass is 16.5. The topological polar surface area (TPSA) is 29.5 Å². The Kier molecular flexibility index (Phi) is 5.71. The lowest BCUT2D eigenvalue weighted by Gasteiger charge is -2.11. The lowest BCUT2D eigenvalue weighted by atomic mass is 10.2. The van der Waals surface area contributed by atoms with E-state index in [0.29, 0.717) is 6.61 Å². The van der Waals surface area contributed by atoms with E-state index in [-0.39, 0.29) is 5.97 Å². The first-order chi connectivity index (χ1) is 8.63. The Balaban J connectivity index is 2.54. The Morgan fingerprint density at radius 3 is 2.44 bits per heavy atom. The summed E-state index contributed by atoms with van der Waals surface area (Å²) in [6, 6.07) is 8.16. The smallest absolute Gasteiger partial charge is 0.330 e. The Hall–Kier alpha value is -2.03. The van der Waals surface area contributed by atoms with E-state index in [1.165, 1.54) is 6.08 Å². The molecule has 0 amide bonds. The van der Waals surface area contributed by atoms with Crippen LogP contribution in [0.5, 0.6) is 0 Å². The van der Waals surface area contributed by atoms with E-state index in [2.05, 4.69) is 12.1 Å². The van der Waals surface area contributed by atoms with Gasteiger partial charge < -0.3 is 9.64 Å². The highest BCUT2D eigenvalue weighted by Gasteiger charge is 1.93. The van der Waals surface area contributed by atoms with Gasteiger partial charge in [0.25, 0.3) is 0 Å². The summed E-state index contributed by atoms with van der Waals surface area (Å²) in [5, 5.41) is 0. The largest absolute Gasteiger partial charge is 0.463 e. The molecule has 0 aromatic heterocycles. The van der Waals surface area contributed by atoms with Gasteiger partial charge in [-0.2, -0.15) is 0 Å². The van der Waals surface area contributed by atoms with Crippen LogP contribution in [0.25, 0.3) is 6.08 Å². The van der Waals surface area contributed by atoms with Gasteiger partial charge in [-0.1, -0.05) is 30.4 Å². The van der Waals surface area contributed by atoms with Gasteiger partial charge in [-0.05, 0) is 24.6 Å². The van der Waals surface area contributed by atoms with Crippen LogP contribution >= 0.6 is 0 Å². The molecule has 1 rings (SSSR count). The van der Waals surface area contributed by atoms with Crippen molar-refractivity contribution >= 4 is 17.7 Å². The van der Waals surface area contributed by atoms with Gasteiger partial charge in [-0.25, -0.2) is 4.79 Å². The van der Waals surface area contributed by atoms with Crippen LogP contribution in [-0.4, -0.2) is 26.7 Å². The van der Waals surface area contributed by atoms with E-state index in [0.717, 1.165) is 11.3 Å². The molecular weight excluding hydrogens is 226 g/mol. The number of benzene rings is 1. The first-order valence-electron chi connectivity index (χ1n) is 5.92. The summed E-state index contributed by atoms with van der Waals surface area (Å²) in [7, 11) is 4.01. The van der Waals surface area contributed by atoms with Gasteiger partial charge in [0.1, 0.15) is 0 Å². The van der Waals surface area contributed by atoms with Gasteiger partial charge in [0, 0.05) is 25.9 Å². The van der Waals surface area contributed by atoms with E-state index in [4.69, 9.17) is 4.74 Å². The van der Waals surface area contributed by atoms with Crippen molar-refractivity contribution in [3.63, 3.8) is 0 Å². The Morgan fingerprint density at radius 2 is 1.89 bits per heavy atom. The lowest BCUT2D eigenvalue weighted by Crippen LogP contribution is -2.07. The molecule has 1 aromatic rings. The van der Waals surface area contributed by atoms with Crippen molar-refractivity contribution in [3.05, 3.63) is 48.1 Å². The molecular formula is C15H19NO2. The van der Waals surface area contributed by atoms with Crippen LogP contribution in [0.4, 0.5) is 5.69 Å². The van der Waals surface area contributed by atoms with Crippen LogP contribution in [0, 0.1) is 0 Å². The molecule has 0 unspecified atom stereocenters. The highest BCUT2D eigenvalue weighted by molar-refractivity contribution is 5.82. The van der Waals surface area contributed by atoms with Crippen LogP contribution in [0.15, 0.2) is 42.5 Å². The third kappa shape index (κ3) is 4.87. The number of rotatable bonds is 5. The second kappa shape index (κ2) is 7.33. The lowest BCUT2D eigenvalue weighted by molar-refractivity contribution is -0.137. The third-order valence-electron chi connectivity index (χ3n) is 2.33. The molecule has 0 heterocycles. The van der Waals surface area contributed by atoms with Gasteiger partial charge in [-0.3, -0.25) is 0 Å². The molecule has 0 aliphatic carbocycles. The van der Waals surface area contributed by atoms with Crippen LogP contribution in [0.1, 0.15) is 12.5 Å². The zero-order chi connectivity index (χ0) is 13.4. The number of carbonyl (C=O) groups excluding carboxylic acids is 1. The minimum absolute atomic E-state index is 0.315. The normalized spacial score (nSPS) is 11.1.